The number of hydrogen-bond donors (Lipinski definition) is 2. The largest absolute Gasteiger partial charge is 0.361 e. The van der Waals surface area contributed by atoms with E-state index in [0.717, 1.165) is 16.6 Å². The number of para-hydroxylation sites is 1. The Bertz CT molecular complexity index is 873. The molecule has 5 heteroatoms. The van der Waals surface area contributed by atoms with E-state index in [1.54, 1.807) is 12.1 Å². The van der Waals surface area contributed by atoms with Gasteiger partial charge in [0.1, 0.15) is 0 Å². The number of H-pyrrole nitrogens is 1. The van der Waals surface area contributed by atoms with E-state index in [1.807, 2.05) is 37.4 Å². The number of hydrogen-bond acceptors (Lipinski definition) is 1. The van der Waals surface area contributed by atoms with Crippen molar-refractivity contribution in [3.8, 4) is 0 Å². The average molecular weight is 361 g/mol. The number of aryl methyl sites for hydroxylation is 1. The van der Waals surface area contributed by atoms with E-state index >= 15 is 0 Å². The van der Waals surface area contributed by atoms with Crippen LogP contribution in [0.15, 0.2) is 48.7 Å². The lowest BCUT2D eigenvalue weighted by molar-refractivity contribution is -0.121. The van der Waals surface area contributed by atoms with Gasteiger partial charge in [0, 0.05) is 23.5 Å². The first-order valence-electron chi connectivity index (χ1n) is 7.84. The van der Waals surface area contributed by atoms with Gasteiger partial charge in [-0.3, -0.25) is 4.79 Å². The molecule has 3 aromatic rings. The van der Waals surface area contributed by atoms with Gasteiger partial charge in [-0.1, -0.05) is 47.5 Å². The molecule has 0 radical (unpaired) electrons. The number of benzene rings is 2. The number of halogens is 2. The maximum Gasteiger partial charge on any atom is 0.220 e. The van der Waals surface area contributed by atoms with Crippen LogP contribution in [0.25, 0.3) is 10.9 Å². The highest BCUT2D eigenvalue weighted by Crippen LogP contribution is 2.25. The van der Waals surface area contributed by atoms with E-state index in [1.165, 1.54) is 5.39 Å². The standard InChI is InChI=1S/C19H18Cl2N2O/c1-12(13-6-8-16(20)17(21)10-13)23-19(24)9-7-14-11-22-18-5-3-2-4-15(14)18/h2-6,8,10-12,22H,7,9H2,1H3,(H,23,24)/t12-/m0/s1. The van der Waals surface area contributed by atoms with E-state index in [9.17, 15) is 4.79 Å². The minimum Gasteiger partial charge on any atom is -0.361 e. The Hall–Kier alpha value is -1.97. The van der Waals surface area contributed by atoms with Crippen LogP contribution in [-0.4, -0.2) is 10.9 Å². The van der Waals surface area contributed by atoms with Crippen molar-refractivity contribution in [3.05, 3.63) is 69.8 Å². The molecule has 3 rings (SSSR count). The Kier molecular flexibility index (Phi) is 5.12. The van der Waals surface area contributed by atoms with Gasteiger partial charge in [0.2, 0.25) is 5.91 Å². The number of aromatic amines is 1. The Labute approximate surface area is 151 Å². The van der Waals surface area contributed by atoms with Crippen molar-refractivity contribution in [1.82, 2.24) is 10.3 Å². The zero-order valence-electron chi connectivity index (χ0n) is 13.3. The lowest BCUT2D eigenvalue weighted by Crippen LogP contribution is -2.26. The zero-order valence-corrected chi connectivity index (χ0v) is 14.8. The molecule has 1 atom stereocenters. The molecule has 1 aromatic heterocycles. The first-order valence-corrected chi connectivity index (χ1v) is 8.59. The van der Waals surface area contributed by atoms with Crippen molar-refractivity contribution in [2.45, 2.75) is 25.8 Å². The molecule has 0 unspecified atom stereocenters. The molecular formula is C19H18Cl2N2O. The van der Waals surface area contributed by atoms with Crippen LogP contribution in [0.1, 0.15) is 30.5 Å². The summed E-state index contributed by atoms with van der Waals surface area (Å²) in [6.45, 7) is 1.93. The monoisotopic (exact) mass is 360 g/mol. The second-order valence-corrected chi connectivity index (χ2v) is 6.64. The van der Waals surface area contributed by atoms with Gasteiger partial charge in [0.25, 0.3) is 0 Å². The van der Waals surface area contributed by atoms with Gasteiger partial charge >= 0.3 is 0 Å². The highest BCUT2D eigenvalue weighted by Gasteiger charge is 2.12. The average Bonchev–Trinajstić information content (AvgIpc) is 2.98. The van der Waals surface area contributed by atoms with Gasteiger partial charge in [-0.05, 0) is 42.7 Å². The zero-order chi connectivity index (χ0) is 17.1. The molecular weight excluding hydrogens is 343 g/mol. The van der Waals surface area contributed by atoms with E-state index in [4.69, 9.17) is 23.2 Å². The van der Waals surface area contributed by atoms with Crippen LogP contribution in [-0.2, 0) is 11.2 Å². The molecule has 0 saturated carbocycles. The molecule has 1 heterocycles. The molecule has 3 nitrogen and oxygen atoms in total. The predicted octanol–water partition coefficient (Wildman–Crippen LogP) is 5.28. The van der Waals surface area contributed by atoms with Crippen molar-refractivity contribution >= 4 is 40.0 Å². The van der Waals surface area contributed by atoms with Gasteiger partial charge in [-0.2, -0.15) is 0 Å². The summed E-state index contributed by atoms with van der Waals surface area (Å²) in [6.07, 6.45) is 3.11. The van der Waals surface area contributed by atoms with Crippen LogP contribution in [0, 0.1) is 0 Å². The summed E-state index contributed by atoms with van der Waals surface area (Å²) in [5.74, 6) is 0.0128. The number of carbonyl (C=O) groups is 1. The predicted molar refractivity (Wildman–Crippen MR) is 99.6 cm³/mol. The first kappa shape index (κ1) is 16.9. The van der Waals surface area contributed by atoms with Gasteiger partial charge in [-0.25, -0.2) is 0 Å². The number of aromatic nitrogens is 1. The van der Waals surface area contributed by atoms with Crippen LogP contribution in [0.3, 0.4) is 0 Å². The normalized spacial score (nSPS) is 12.3. The van der Waals surface area contributed by atoms with Crippen molar-refractivity contribution in [2.24, 2.45) is 0 Å². The highest BCUT2D eigenvalue weighted by atomic mass is 35.5. The quantitative estimate of drug-likeness (QED) is 0.638. The number of carbonyl (C=O) groups excluding carboxylic acids is 1. The van der Waals surface area contributed by atoms with Crippen LogP contribution in [0.5, 0.6) is 0 Å². The molecule has 24 heavy (non-hydrogen) atoms. The van der Waals surface area contributed by atoms with Gasteiger partial charge < -0.3 is 10.3 Å². The Morgan fingerprint density at radius 2 is 1.96 bits per heavy atom. The third-order valence-electron chi connectivity index (χ3n) is 4.12. The molecule has 0 saturated heterocycles. The van der Waals surface area contributed by atoms with Crippen LogP contribution < -0.4 is 5.32 Å². The third-order valence-corrected chi connectivity index (χ3v) is 4.86. The number of rotatable bonds is 5. The summed E-state index contributed by atoms with van der Waals surface area (Å²) in [5, 5.41) is 5.18. The second kappa shape index (κ2) is 7.29. The van der Waals surface area contributed by atoms with Crippen molar-refractivity contribution in [3.63, 3.8) is 0 Å². The van der Waals surface area contributed by atoms with Gasteiger partial charge in [0.15, 0.2) is 0 Å². The molecule has 124 valence electrons. The fraction of sp³-hybridized carbons (Fsp3) is 0.211. The summed E-state index contributed by atoms with van der Waals surface area (Å²) in [5.41, 5.74) is 3.19. The molecule has 0 aliphatic heterocycles. The van der Waals surface area contributed by atoms with E-state index < -0.39 is 0 Å². The van der Waals surface area contributed by atoms with Gasteiger partial charge in [0.05, 0.1) is 16.1 Å². The van der Waals surface area contributed by atoms with E-state index in [-0.39, 0.29) is 11.9 Å². The lowest BCUT2D eigenvalue weighted by atomic mass is 10.1. The summed E-state index contributed by atoms with van der Waals surface area (Å²) in [6, 6.07) is 13.4. The molecule has 1 amide bonds. The fourth-order valence-corrected chi connectivity index (χ4v) is 3.07. The van der Waals surface area contributed by atoms with Crippen LogP contribution in [0.2, 0.25) is 10.0 Å². The Morgan fingerprint density at radius 3 is 2.75 bits per heavy atom. The second-order valence-electron chi connectivity index (χ2n) is 5.82. The van der Waals surface area contributed by atoms with Gasteiger partial charge in [-0.15, -0.1) is 0 Å². The van der Waals surface area contributed by atoms with E-state index in [2.05, 4.69) is 16.4 Å². The molecule has 2 N–H and O–H groups in total. The molecule has 0 aliphatic rings. The van der Waals surface area contributed by atoms with Crippen LogP contribution >= 0.6 is 23.2 Å². The number of fused-ring (bicyclic) bond motifs is 1. The van der Waals surface area contributed by atoms with Crippen molar-refractivity contribution < 1.29 is 4.79 Å². The molecule has 0 aliphatic carbocycles. The summed E-state index contributed by atoms with van der Waals surface area (Å²) >= 11 is 12.0. The molecule has 0 spiro atoms. The van der Waals surface area contributed by atoms with Crippen molar-refractivity contribution in [2.75, 3.05) is 0 Å². The lowest BCUT2D eigenvalue weighted by Gasteiger charge is -2.15. The summed E-state index contributed by atoms with van der Waals surface area (Å²) in [4.78, 5) is 15.5. The summed E-state index contributed by atoms with van der Waals surface area (Å²) < 4.78 is 0. The van der Waals surface area contributed by atoms with Crippen molar-refractivity contribution in [1.29, 1.82) is 0 Å². The molecule has 0 fully saturated rings. The maximum absolute atomic E-state index is 12.2. The smallest absolute Gasteiger partial charge is 0.220 e. The SMILES string of the molecule is C[C@H](NC(=O)CCc1c[nH]c2ccccc12)c1ccc(Cl)c(Cl)c1. The molecule has 0 bridgehead atoms. The van der Waals surface area contributed by atoms with E-state index in [0.29, 0.717) is 22.9 Å². The number of amides is 1. The Morgan fingerprint density at radius 1 is 1.17 bits per heavy atom. The maximum atomic E-state index is 12.2. The first-order chi connectivity index (χ1) is 11.5. The molecule has 2 aromatic carbocycles. The highest BCUT2D eigenvalue weighted by molar-refractivity contribution is 6.42. The Balaban J connectivity index is 1.60. The third kappa shape index (κ3) is 3.74. The summed E-state index contributed by atoms with van der Waals surface area (Å²) in [7, 11) is 0. The minimum absolute atomic E-state index is 0.0128. The minimum atomic E-state index is -0.116. The number of nitrogens with one attached hydrogen (secondary N) is 2. The topological polar surface area (TPSA) is 44.9 Å². The fourth-order valence-electron chi connectivity index (χ4n) is 2.77. The van der Waals surface area contributed by atoms with Crippen LogP contribution in [0.4, 0.5) is 0 Å².